The Morgan fingerprint density at radius 1 is 0.958 bits per heavy atom. The molecule has 0 bridgehead atoms. The highest BCUT2D eigenvalue weighted by Crippen LogP contribution is 2.45. The topological polar surface area (TPSA) is 56.8 Å². The molecule has 0 aliphatic rings. The van der Waals surface area contributed by atoms with Crippen LogP contribution in [-0.4, -0.2) is 4.75 Å². The second kappa shape index (κ2) is 6.90. The van der Waals surface area contributed by atoms with Crippen molar-refractivity contribution in [2.24, 2.45) is 0 Å². The van der Waals surface area contributed by atoms with Gasteiger partial charge in [0.2, 0.25) is 0 Å². The van der Waals surface area contributed by atoms with Crippen molar-refractivity contribution >= 4 is 11.8 Å². The van der Waals surface area contributed by atoms with Crippen LogP contribution in [0.1, 0.15) is 31.9 Å². The fourth-order valence-corrected chi connectivity index (χ4v) is 2.98. The smallest absolute Gasteiger partial charge is 0.186 e. The minimum absolute atomic E-state index is 0.126. The average molecular weight is 344 g/mol. The van der Waals surface area contributed by atoms with Crippen LogP contribution >= 0.6 is 11.8 Å². The Hall–Kier alpha value is -2.57. The summed E-state index contributed by atoms with van der Waals surface area (Å²) in [6.07, 6.45) is 0. The third-order valence-electron chi connectivity index (χ3n) is 2.89. The standard InChI is InChI=1S/C18H14F2N2OS/c1-18(2,3)24-17-15(20)13(10-22)12(9-21)14(19)16(17)23-11-7-5-4-6-8-11/h4-8H,1-3H3. The molecule has 0 amide bonds. The van der Waals surface area contributed by atoms with Gasteiger partial charge in [0.15, 0.2) is 17.4 Å². The number of nitrogens with zero attached hydrogens (tertiary/aromatic N) is 2. The molecule has 0 aliphatic heterocycles. The van der Waals surface area contributed by atoms with Crippen molar-refractivity contribution in [3.05, 3.63) is 53.1 Å². The summed E-state index contributed by atoms with van der Waals surface area (Å²) in [7, 11) is 0. The molecule has 24 heavy (non-hydrogen) atoms. The lowest BCUT2D eigenvalue weighted by molar-refractivity contribution is 0.417. The van der Waals surface area contributed by atoms with Gasteiger partial charge in [0.1, 0.15) is 29.0 Å². The van der Waals surface area contributed by atoms with Gasteiger partial charge in [-0.25, -0.2) is 8.78 Å². The molecule has 2 aromatic rings. The van der Waals surface area contributed by atoms with Crippen molar-refractivity contribution in [3.63, 3.8) is 0 Å². The number of benzene rings is 2. The Kier molecular flexibility index (Phi) is 5.11. The van der Waals surface area contributed by atoms with Gasteiger partial charge in [-0.15, -0.1) is 11.8 Å². The Balaban J connectivity index is 2.73. The summed E-state index contributed by atoms with van der Waals surface area (Å²) in [6.45, 7) is 5.47. The van der Waals surface area contributed by atoms with E-state index >= 15 is 0 Å². The molecule has 0 fully saturated rings. The molecular formula is C18H14F2N2OS. The number of para-hydroxylation sites is 1. The number of nitriles is 2. The van der Waals surface area contributed by atoms with E-state index in [1.807, 2.05) is 20.8 Å². The third kappa shape index (κ3) is 3.67. The molecule has 0 spiro atoms. The van der Waals surface area contributed by atoms with Crippen LogP contribution in [-0.2, 0) is 0 Å². The van der Waals surface area contributed by atoms with Gasteiger partial charge in [0, 0.05) is 4.75 Å². The highest BCUT2D eigenvalue weighted by Gasteiger charge is 2.29. The lowest BCUT2D eigenvalue weighted by atomic mass is 10.1. The Morgan fingerprint density at radius 3 is 2.00 bits per heavy atom. The van der Waals surface area contributed by atoms with Gasteiger partial charge in [0.25, 0.3) is 0 Å². The number of rotatable bonds is 3. The van der Waals surface area contributed by atoms with E-state index in [2.05, 4.69) is 0 Å². The molecule has 0 unspecified atom stereocenters. The molecular weight excluding hydrogens is 330 g/mol. The molecule has 0 aromatic heterocycles. The van der Waals surface area contributed by atoms with Crippen molar-refractivity contribution in [3.8, 4) is 23.6 Å². The first-order valence-corrected chi connectivity index (χ1v) is 7.87. The predicted octanol–water partition coefficient (Wildman–Crippen LogP) is 5.39. The number of thioether (sulfide) groups is 1. The zero-order valence-electron chi connectivity index (χ0n) is 13.4. The number of halogens is 2. The van der Waals surface area contributed by atoms with E-state index in [0.717, 1.165) is 11.8 Å². The Morgan fingerprint density at radius 2 is 1.50 bits per heavy atom. The fraction of sp³-hybridized carbons (Fsp3) is 0.222. The zero-order chi connectivity index (χ0) is 17.9. The Bertz CT molecular complexity index is 847. The summed E-state index contributed by atoms with van der Waals surface area (Å²) in [5, 5.41) is 18.2. The molecule has 0 saturated carbocycles. The molecule has 0 atom stereocenters. The lowest BCUT2D eigenvalue weighted by Gasteiger charge is -2.21. The normalized spacial score (nSPS) is 10.8. The van der Waals surface area contributed by atoms with Crippen LogP contribution in [0.4, 0.5) is 8.78 Å². The van der Waals surface area contributed by atoms with Crippen LogP contribution in [0.5, 0.6) is 11.5 Å². The summed E-state index contributed by atoms with van der Waals surface area (Å²) < 4.78 is 34.6. The molecule has 2 rings (SSSR count). The van der Waals surface area contributed by atoms with Crippen molar-refractivity contribution in [2.75, 3.05) is 0 Å². The van der Waals surface area contributed by atoms with Gasteiger partial charge in [-0.05, 0) is 12.1 Å². The molecule has 0 radical (unpaired) electrons. The van der Waals surface area contributed by atoms with E-state index in [9.17, 15) is 8.78 Å². The first-order chi connectivity index (χ1) is 11.3. The SMILES string of the molecule is CC(C)(C)Sc1c(F)c(C#N)c(C#N)c(F)c1Oc1ccccc1. The van der Waals surface area contributed by atoms with E-state index in [-0.39, 0.29) is 10.6 Å². The zero-order valence-corrected chi connectivity index (χ0v) is 14.2. The number of ether oxygens (including phenoxy) is 1. The van der Waals surface area contributed by atoms with Crippen LogP contribution in [0.25, 0.3) is 0 Å². The van der Waals surface area contributed by atoms with Crippen molar-refractivity contribution in [2.45, 2.75) is 30.4 Å². The molecule has 0 N–H and O–H groups in total. The van der Waals surface area contributed by atoms with Crippen LogP contribution in [0, 0.1) is 34.3 Å². The first kappa shape index (κ1) is 17.8. The largest absolute Gasteiger partial charge is 0.453 e. The third-order valence-corrected chi connectivity index (χ3v) is 4.07. The molecule has 0 saturated heterocycles. The van der Waals surface area contributed by atoms with E-state index in [1.165, 1.54) is 0 Å². The molecule has 0 heterocycles. The van der Waals surface area contributed by atoms with Crippen molar-refractivity contribution in [1.29, 1.82) is 10.5 Å². The summed E-state index contributed by atoms with van der Waals surface area (Å²) in [5.41, 5.74) is -1.26. The van der Waals surface area contributed by atoms with Crippen molar-refractivity contribution in [1.82, 2.24) is 0 Å². The van der Waals surface area contributed by atoms with Crippen molar-refractivity contribution < 1.29 is 13.5 Å². The Labute approximate surface area is 143 Å². The highest BCUT2D eigenvalue weighted by molar-refractivity contribution is 8.00. The summed E-state index contributed by atoms with van der Waals surface area (Å²) in [4.78, 5) is -0.126. The minimum atomic E-state index is -1.04. The predicted molar refractivity (Wildman–Crippen MR) is 87.9 cm³/mol. The van der Waals surface area contributed by atoms with E-state index < -0.39 is 27.5 Å². The molecule has 122 valence electrons. The van der Waals surface area contributed by atoms with E-state index in [0.29, 0.717) is 5.75 Å². The quantitative estimate of drug-likeness (QED) is 0.700. The first-order valence-electron chi connectivity index (χ1n) is 7.05. The molecule has 0 aliphatic carbocycles. The maximum Gasteiger partial charge on any atom is 0.186 e. The fourth-order valence-electron chi connectivity index (χ4n) is 1.95. The maximum absolute atomic E-state index is 14.8. The van der Waals surface area contributed by atoms with Gasteiger partial charge >= 0.3 is 0 Å². The van der Waals surface area contributed by atoms with Crippen LogP contribution in [0.15, 0.2) is 35.2 Å². The van der Waals surface area contributed by atoms with E-state index in [4.69, 9.17) is 15.3 Å². The van der Waals surface area contributed by atoms with Gasteiger partial charge in [-0.2, -0.15) is 10.5 Å². The van der Waals surface area contributed by atoms with Crippen LogP contribution in [0.2, 0.25) is 0 Å². The monoisotopic (exact) mass is 344 g/mol. The highest BCUT2D eigenvalue weighted by atomic mass is 32.2. The second-order valence-electron chi connectivity index (χ2n) is 5.89. The minimum Gasteiger partial charge on any atom is -0.453 e. The maximum atomic E-state index is 14.8. The van der Waals surface area contributed by atoms with Gasteiger partial charge in [-0.3, -0.25) is 0 Å². The summed E-state index contributed by atoms with van der Waals surface area (Å²) in [6, 6.07) is 11.4. The van der Waals surface area contributed by atoms with Crippen LogP contribution < -0.4 is 4.74 Å². The summed E-state index contributed by atoms with van der Waals surface area (Å²) in [5.74, 6) is -2.05. The van der Waals surface area contributed by atoms with Gasteiger partial charge in [-0.1, -0.05) is 39.0 Å². The molecule has 6 heteroatoms. The van der Waals surface area contributed by atoms with E-state index in [1.54, 1.807) is 42.5 Å². The van der Waals surface area contributed by atoms with Crippen LogP contribution in [0.3, 0.4) is 0 Å². The van der Waals surface area contributed by atoms with Gasteiger partial charge in [0.05, 0.1) is 4.90 Å². The second-order valence-corrected chi connectivity index (χ2v) is 7.73. The average Bonchev–Trinajstić information content (AvgIpc) is 2.53. The molecule has 2 aromatic carbocycles. The lowest BCUT2D eigenvalue weighted by Crippen LogP contribution is -2.10. The van der Waals surface area contributed by atoms with Gasteiger partial charge < -0.3 is 4.74 Å². The summed E-state index contributed by atoms with van der Waals surface area (Å²) >= 11 is 1.04. The molecule has 3 nitrogen and oxygen atoms in total. The number of hydrogen-bond acceptors (Lipinski definition) is 4. The number of hydrogen-bond donors (Lipinski definition) is 0.